The zero-order chi connectivity index (χ0) is 15.8. The van der Waals surface area contributed by atoms with Gasteiger partial charge in [-0.05, 0) is 56.1 Å². The van der Waals surface area contributed by atoms with Crippen molar-refractivity contribution in [1.82, 2.24) is 15.5 Å². The summed E-state index contributed by atoms with van der Waals surface area (Å²) in [4.78, 5) is 14.9. The fraction of sp³-hybridized carbons (Fsp3) is 0.706. The fourth-order valence-electron chi connectivity index (χ4n) is 4.86. The van der Waals surface area contributed by atoms with Crippen molar-refractivity contribution < 1.29 is 4.79 Å². The second-order valence-corrected chi connectivity index (χ2v) is 7.25. The van der Waals surface area contributed by atoms with Crippen molar-refractivity contribution in [3.8, 4) is 0 Å². The molecular formula is C17H25N5O. The molecule has 1 aliphatic heterocycles. The maximum atomic E-state index is 12.6. The first-order valence-electron chi connectivity index (χ1n) is 8.81. The summed E-state index contributed by atoms with van der Waals surface area (Å²) >= 11 is 0. The van der Waals surface area contributed by atoms with Gasteiger partial charge < -0.3 is 16.0 Å². The van der Waals surface area contributed by atoms with E-state index in [4.69, 9.17) is 5.73 Å². The molecule has 1 aromatic rings. The van der Waals surface area contributed by atoms with Crippen LogP contribution in [0.4, 0.5) is 5.82 Å². The lowest BCUT2D eigenvalue weighted by atomic mass is 9.84. The molecular weight excluding hydrogens is 290 g/mol. The Morgan fingerprint density at radius 3 is 2.96 bits per heavy atom. The summed E-state index contributed by atoms with van der Waals surface area (Å²) in [7, 11) is 0. The minimum Gasteiger partial charge on any atom is -0.354 e. The summed E-state index contributed by atoms with van der Waals surface area (Å²) in [5, 5.41) is 11.3. The van der Waals surface area contributed by atoms with Crippen molar-refractivity contribution in [2.45, 2.75) is 44.2 Å². The number of aromatic nitrogens is 2. The normalized spacial score (nSPS) is 35.7. The molecule has 1 amide bonds. The highest BCUT2D eigenvalue weighted by Gasteiger charge is 2.49. The summed E-state index contributed by atoms with van der Waals surface area (Å²) < 4.78 is 0. The molecule has 124 valence electrons. The van der Waals surface area contributed by atoms with Gasteiger partial charge in [-0.3, -0.25) is 4.79 Å². The zero-order valence-corrected chi connectivity index (χ0v) is 13.4. The van der Waals surface area contributed by atoms with E-state index >= 15 is 0 Å². The van der Waals surface area contributed by atoms with Crippen LogP contribution in [0, 0.1) is 17.8 Å². The molecule has 5 unspecified atom stereocenters. The van der Waals surface area contributed by atoms with Crippen molar-refractivity contribution >= 4 is 11.7 Å². The number of carbonyl (C=O) groups excluding carboxylic acids is 1. The van der Waals surface area contributed by atoms with E-state index in [2.05, 4.69) is 20.4 Å². The van der Waals surface area contributed by atoms with Crippen molar-refractivity contribution in [3.05, 3.63) is 18.3 Å². The Bertz CT molecular complexity index is 563. The van der Waals surface area contributed by atoms with E-state index in [0.29, 0.717) is 24.4 Å². The number of hydrogen-bond acceptors (Lipinski definition) is 5. The van der Waals surface area contributed by atoms with Crippen LogP contribution in [0.25, 0.3) is 0 Å². The predicted molar refractivity (Wildman–Crippen MR) is 87.7 cm³/mol. The van der Waals surface area contributed by atoms with Crippen LogP contribution in [-0.4, -0.2) is 41.3 Å². The van der Waals surface area contributed by atoms with Gasteiger partial charge in [0.1, 0.15) is 0 Å². The van der Waals surface area contributed by atoms with Crippen LogP contribution in [0.15, 0.2) is 18.3 Å². The van der Waals surface area contributed by atoms with Crippen molar-refractivity contribution in [2.75, 3.05) is 18.0 Å². The fourth-order valence-corrected chi connectivity index (χ4v) is 4.86. The molecule has 6 nitrogen and oxygen atoms in total. The highest BCUT2D eigenvalue weighted by Crippen LogP contribution is 2.47. The lowest BCUT2D eigenvalue weighted by Gasteiger charge is -2.29. The van der Waals surface area contributed by atoms with Crippen LogP contribution < -0.4 is 16.0 Å². The minimum absolute atomic E-state index is 0.0279. The smallest absolute Gasteiger partial charge is 0.225 e. The predicted octanol–water partition coefficient (Wildman–Crippen LogP) is 0.935. The minimum atomic E-state index is 0.0279. The highest BCUT2D eigenvalue weighted by molar-refractivity contribution is 5.80. The molecule has 0 radical (unpaired) electrons. The number of fused-ring (bicyclic) bond motifs is 2. The molecule has 1 saturated heterocycles. The molecule has 3 fully saturated rings. The van der Waals surface area contributed by atoms with E-state index in [1.807, 2.05) is 12.1 Å². The van der Waals surface area contributed by atoms with Gasteiger partial charge in [0.15, 0.2) is 5.82 Å². The van der Waals surface area contributed by atoms with Crippen LogP contribution in [-0.2, 0) is 4.79 Å². The first-order valence-corrected chi connectivity index (χ1v) is 8.81. The average molecular weight is 315 g/mol. The topological polar surface area (TPSA) is 84.1 Å². The third-order valence-corrected chi connectivity index (χ3v) is 6.02. The van der Waals surface area contributed by atoms with Crippen LogP contribution in [0.3, 0.4) is 0 Å². The molecule has 0 spiro atoms. The SMILES string of the molecule is NC1C2CCC(C2)C1C(=O)NCC1CCCN1c1cccnn1. The molecule has 2 aliphatic carbocycles. The van der Waals surface area contributed by atoms with Crippen LogP contribution in [0.1, 0.15) is 32.1 Å². The van der Waals surface area contributed by atoms with Gasteiger partial charge in [-0.1, -0.05) is 0 Å². The molecule has 2 heterocycles. The molecule has 0 aromatic carbocycles. The maximum absolute atomic E-state index is 12.6. The van der Waals surface area contributed by atoms with Crippen molar-refractivity contribution in [1.29, 1.82) is 0 Å². The molecule has 3 aliphatic rings. The summed E-state index contributed by atoms with van der Waals surface area (Å²) in [6, 6.07) is 4.27. The quantitative estimate of drug-likeness (QED) is 0.864. The Labute approximate surface area is 136 Å². The molecule has 6 heteroatoms. The van der Waals surface area contributed by atoms with Gasteiger partial charge in [-0.25, -0.2) is 0 Å². The van der Waals surface area contributed by atoms with E-state index in [1.54, 1.807) is 6.20 Å². The van der Waals surface area contributed by atoms with Gasteiger partial charge in [-0.15, -0.1) is 5.10 Å². The number of carbonyl (C=O) groups is 1. The van der Waals surface area contributed by atoms with E-state index in [0.717, 1.165) is 31.6 Å². The summed E-state index contributed by atoms with van der Waals surface area (Å²) in [5.41, 5.74) is 6.28. The molecule has 2 bridgehead atoms. The average Bonchev–Trinajstić information content (AvgIpc) is 3.29. The number of anilines is 1. The van der Waals surface area contributed by atoms with Gasteiger partial charge in [0, 0.05) is 31.4 Å². The van der Waals surface area contributed by atoms with Crippen molar-refractivity contribution in [3.63, 3.8) is 0 Å². The standard InChI is InChI=1S/C17H25N5O/c18-16-12-6-5-11(9-12)15(16)17(23)19-10-13-3-2-8-22(13)14-4-1-7-20-21-14/h1,4,7,11-13,15-16H,2-3,5-6,8-10,18H2,(H,19,23). The highest BCUT2D eigenvalue weighted by atomic mass is 16.2. The molecule has 23 heavy (non-hydrogen) atoms. The first kappa shape index (κ1) is 14.9. The van der Waals surface area contributed by atoms with Gasteiger partial charge in [0.2, 0.25) is 5.91 Å². The number of amides is 1. The number of hydrogen-bond donors (Lipinski definition) is 2. The van der Waals surface area contributed by atoms with Crippen LogP contribution >= 0.6 is 0 Å². The van der Waals surface area contributed by atoms with E-state index < -0.39 is 0 Å². The Balaban J connectivity index is 1.36. The summed E-state index contributed by atoms with van der Waals surface area (Å²) in [5.74, 6) is 2.17. The Kier molecular flexibility index (Phi) is 3.93. The summed E-state index contributed by atoms with van der Waals surface area (Å²) in [6.45, 7) is 1.66. The maximum Gasteiger partial charge on any atom is 0.225 e. The van der Waals surface area contributed by atoms with E-state index in [-0.39, 0.29) is 17.9 Å². The Morgan fingerprint density at radius 1 is 1.35 bits per heavy atom. The van der Waals surface area contributed by atoms with Crippen molar-refractivity contribution in [2.24, 2.45) is 23.5 Å². The van der Waals surface area contributed by atoms with Gasteiger partial charge in [0.05, 0.1) is 5.92 Å². The molecule has 2 saturated carbocycles. The third kappa shape index (κ3) is 2.69. The summed E-state index contributed by atoms with van der Waals surface area (Å²) in [6.07, 6.45) is 7.43. The third-order valence-electron chi connectivity index (χ3n) is 6.02. The molecule has 1 aromatic heterocycles. The second kappa shape index (κ2) is 6.07. The number of nitrogens with one attached hydrogen (secondary N) is 1. The largest absolute Gasteiger partial charge is 0.354 e. The van der Waals surface area contributed by atoms with Gasteiger partial charge in [-0.2, -0.15) is 5.10 Å². The van der Waals surface area contributed by atoms with Gasteiger partial charge >= 0.3 is 0 Å². The second-order valence-electron chi connectivity index (χ2n) is 7.25. The van der Waals surface area contributed by atoms with E-state index in [1.165, 1.54) is 12.8 Å². The number of rotatable bonds is 4. The zero-order valence-electron chi connectivity index (χ0n) is 13.4. The van der Waals surface area contributed by atoms with E-state index in [9.17, 15) is 4.79 Å². The van der Waals surface area contributed by atoms with Crippen LogP contribution in [0.2, 0.25) is 0 Å². The Morgan fingerprint density at radius 2 is 2.22 bits per heavy atom. The first-order chi connectivity index (χ1) is 11.2. The number of nitrogens with zero attached hydrogens (tertiary/aromatic N) is 3. The Hall–Kier alpha value is -1.69. The lowest BCUT2D eigenvalue weighted by molar-refractivity contribution is -0.127. The lowest BCUT2D eigenvalue weighted by Crippen LogP contribution is -2.48. The molecule has 4 rings (SSSR count). The molecule has 3 N–H and O–H groups in total. The molecule has 5 atom stereocenters. The number of nitrogens with two attached hydrogens (primary N) is 1. The van der Waals surface area contributed by atoms with Crippen LogP contribution in [0.5, 0.6) is 0 Å². The monoisotopic (exact) mass is 315 g/mol. The van der Waals surface area contributed by atoms with Gasteiger partial charge in [0.25, 0.3) is 0 Å².